The van der Waals surface area contributed by atoms with Gasteiger partial charge in [0.05, 0.1) is 19.2 Å². The van der Waals surface area contributed by atoms with Gasteiger partial charge < -0.3 is 14.5 Å². The van der Waals surface area contributed by atoms with Crippen LogP contribution in [0.25, 0.3) is 11.3 Å². The van der Waals surface area contributed by atoms with Crippen LogP contribution >= 0.6 is 0 Å². The van der Waals surface area contributed by atoms with Crippen LogP contribution in [-0.2, 0) is 9.53 Å². The van der Waals surface area contributed by atoms with E-state index in [1.54, 1.807) is 0 Å². The number of hydrogen-bond acceptors (Lipinski definition) is 3. The van der Waals surface area contributed by atoms with Gasteiger partial charge in [-0.25, -0.2) is 0 Å². The fourth-order valence-electron chi connectivity index (χ4n) is 4.07. The average molecular weight is 459 g/mol. The second-order valence-corrected chi connectivity index (χ2v) is 9.51. The summed E-state index contributed by atoms with van der Waals surface area (Å²) >= 11 is 0. The van der Waals surface area contributed by atoms with E-state index in [0.29, 0.717) is 6.54 Å². The third-order valence-electron chi connectivity index (χ3n) is 6.34. The van der Waals surface area contributed by atoms with Gasteiger partial charge in [-0.2, -0.15) is 0 Å². The molecule has 2 aromatic rings. The quantitative estimate of drug-likeness (QED) is 0.440. The molecule has 1 aliphatic heterocycles. The number of rotatable bonds is 8. The zero-order chi connectivity index (χ0) is 24.8. The lowest BCUT2D eigenvalue weighted by atomic mass is 9.99. The Hall–Kier alpha value is -3.27. The molecule has 2 aromatic carbocycles. The summed E-state index contributed by atoms with van der Waals surface area (Å²) in [5.41, 5.74) is 7.78. The van der Waals surface area contributed by atoms with Crippen molar-refractivity contribution in [2.75, 3.05) is 26.7 Å². The Labute approximate surface area is 205 Å². The van der Waals surface area contributed by atoms with Crippen molar-refractivity contribution in [2.45, 2.75) is 47.1 Å². The minimum Gasteiger partial charge on any atom is -0.494 e. The van der Waals surface area contributed by atoms with Crippen LogP contribution in [-0.4, -0.2) is 48.5 Å². The van der Waals surface area contributed by atoms with Crippen molar-refractivity contribution in [1.29, 1.82) is 0 Å². The van der Waals surface area contributed by atoms with Crippen molar-refractivity contribution in [2.24, 2.45) is 0 Å². The third-order valence-corrected chi connectivity index (χ3v) is 6.34. The van der Waals surface area contributed by atoms with Gasteiger partial charge in [0.25, 0.3) is 0 Å². The normalized spacial score (nSPS) is 14.4. The molecule has 4 heteroatoms. The molecule has 0 atom stereocenters. The molecule has 0 N–H and O–H groups in total. The van der Waals surface area contributed by atoms with Crippen LogP contribution < -0.4 is 0 Å². The van der Waals surface area contributed by atoms with E-state index in [0.717, 1.165) is 41.1 Å². The van der Waals surface area contributed by atoms with Crippen LogP contribution in [0.2, 0.25) is 0 Å². The van der Waals surface area contributed by atoms with Gasteiger partial charge in [-0.3, -0.25) is 4.79 Å². The highest BCUT2D eigenvalue weighted by Crippen LogP contribution is 2.26. The van der Waals surface area contributed by atoms with Crippen LogP contribution in [0.5, 0.6) is 0 Å². The maximum Gasteiger partial charge on any atom is 0.242 e. The highest BCUT2D eigenvalue weighted by Gasteiger charge is 2.24. The van der Waals surface area contributed by atoms with Gasteiger partial charge in [0.2, 0.25) is 5.91 Å². The minimum absolute atomic E-state index is 0.0958. The second kappa shape index (κ2) is 11.2. The molecule has 0 fully saturated rings. The van der Waals surface area contributed by atoms with Crippen LogP contribution in [0.4, 0.5) is 0 Å². The summed E-state index contributed by atoms with van der Waals surface area (Å²) in [6.07, 6.45) is 3.04. The van der Waals surface area contributed by atoms with E-state index in [1.807, 2.05) is 48.9 Å². The lowest BCUT2D eigenvalue weighted by Crippen LogP contribution is -2.42. The third kappa shape index (κ3) is 6.40. The Kier molecular flexibility index (Phi) is 8.38. The number of carbonyl (C=O) groups is 1. The molecular weight excluding hydrogens is 420 g/mol. The van der Waals surface area contributed by atoms with Crippen molar-refractivity contribution >= 4 is 17.2 Å². The predicted molar refractivity (Wildman–Crippen MR) is 142 cm³/mol. The average Bonchev–Trinajstić information content (AvgIpc) is 2.80. The Morgan fingerprint density at radius 1 is 1.09 bits per heavy atom. The maximum atomic E-state index is 13.3. The minimum atomic E-state index is 0.0958. The van der Waals surface area contributed by atoms with Crippen molar-refractivity contribution in [1.82, 2.24) is 9.80 Å². The molecule has 1 aliphatic rings. The lowest BCUT2D eigenvalue weighted by Gasteiger charge is -2.32. The summed E-state index contributed by atoms with van der Waals surface area (Å²) in [6.45, 7) is 16.3. The fourth-order valence-corrected chi connectivity index (χ4v) is 4.07. The van der Waals surface area contributed by atoms with Gasteiger partial charge >= 0.3 is 0 Å². The molecule has 0 radical (unpaired) electrons. The standard InChI is InChI=1S/C30H38N2O2/c1-21(2)34-29-19-32(16-15-23(29)4)30(33)20-31(7)28(26-11-9-8-10-12-26)18-25(6)27-14-13-22(3)24(5)17-27/h8-14,17-18,21H,6,15-16,19-20H2,1-5,7H3/b28-18-. The summed E-state index contributed by atoms with van der Waals surface area (Å²) in [6, 6.07) is 16.6. The molecule has 0 saturated heterocycles. The molecule has 180 valence electrons. The first-order valence-corrected chi connectivity index (χ1v) is 12.0. The van der Waals surface area contributed by atoms with E-state index < -0.39 is 0 Å². The van der Waals surface area contributed by atoms with Crippen LogP contribution in [0.3, 0.4) is 0 Å². The van der Waals surface area contributed by atoms with Gasteiger partial charge in [-0.15, -0.1) is 0 Å². The number of likely N-dealkylation sites (N-methyl/N-ethyl adjacent to an activating group) is 1. The first-order chi connectivity index (χ1) is 16.2. The summed E-state index contributed by atoms with van der Waals surface area (Å²) in [4.78, 5) is 17.2. The van der Waals surface area contributed by atoms with Gasteiger partial charge in [-0.1, -0.05) is 55.1 Å². The van der Waals surface area contributed by atoms with E-state index in [9.17, 15) is 4.79 Å². The van der Waals surface area contributed by atoms with E-state index in [1.165, 1.54) is 16.7 Å². The van der Waals surface area contributed by atoms with E-state index in [2.05, 4.69) is 63.8 Å². The molecule has 3 rings (SSSR count). The first kappa shape index (κ1) is 25.4. The van der Waals surface area contributed by atoms with Crippen molar-refractivity contribution in [3.63, 3.8) is 0 Å². The Balaban J connectivity index is 1.82. The fraction of sp³-hybridized carbons (Fsp3) is 0.367. The summed E-state index contributed by atoms with van der Waals surface area (Å²) in [7, 11) is 1.97. The highest BCUT2D eigenvalue weighted by molar-refractivity contribution is 5.85. The van der Waals surface area contributed by atoms with Gasteiger partial charge in [0.1, 0.15) is 5.76 Å². The van der Waals surface area contributed by atoms with Crippen LogP contribution in [0.15, 0.2) is 72.5 Å². The molecule has 34 heavy (non-hydrogen) atoms. The number of nitrogens with zero attached hydrogens (tertiary/aromatic N) is 2. The SMILES string of the molecule is C=C(/C=C(/c1ccccc1)N(C)CC(=O)N1CCC(C)=C(OC(C)C)C1)c1ccc(C)c(C)c1. The largest absolute Gasteiger partial charge is 0.494 e. The smallest absolute Gasteiger partial charge is 0.242 e. The summed E-state index contributed by atoms with van der Waals surface area (Å²) < 4.78 is 5.97. The Morgan fingerprint density at radius 2 is 1.79 bits per heavy atom. The molecule has 0 unspecified atom stereocenters. The molecular formula is C30H38N2O2. The Bertz CT molecular complexity index is 1100. The molecule has 0 saturated carbocycles. The van der Waals surface area contributed by atoms with E-state index >= 15 is 0 Å². The highest BCUT2D eigenvalue weighted by atomic mass is 16.5. The maximum absolute atomic E-state index is 13.3. The monoisotopic (exact) mass is 458 g/mol. The molecule has 4 nitrogen and oxygen atoms in total. The molecule has 0 spiro atoms. The van der Waals surface area contributed by atoms with Crippen molar-refractivity contribution in [3.8, 4) is 0 Å². The van der Waals surface area contributed by atoms with Crippen molar-refractivity contribution < 1.29 is 9.53 Å². The molecule has 1 amide bonds. The number of aryl methyl sites for hydroxylation is 2. The summed E-state index contributed by atoms with van der Waals surface area (Å²) in [5.74, 6) is 1.03. The summed E-state index contributed by atoms with van der Waals surface area (Å²) in [5, 5.41) is 0. The first-order valence-electron chi connectivity index (χ1n) is 12.0. The van der Waals surface area contributed by atoms with Crippen LogP contribution in [0, 0.1) is 13.8 Å². The lowest BCUT2D eigenvalue weighted by molar-refractivity contribution is -0.132. The van der Waals surface area contributed by atoms with Crippen LogP contribution in [0.1, 0.15) is 49.4 Å². The topological polar surface area (TPSA) is 32.8 Å². The van der Waals surface area contributed by atoms with E-state index in [-0.39, 0.29) is 18.6 Å². The Morgan fingerprint density at radius 3 is 2.44 bits per heavy atom. The number of hydrogen-bond donors (Lipinski definition) is 0. The van der Waals surface area contributed by atoms with Gasteiger partial charge in [0, 0.05) is 19.3 Å². The molecule has 1 heterocycles. The number of carbonyl (C=O) groups excluding carboxylic acids is 1. The number of ether oxygens (including phenoxy) is 1. The zero-order valence-corrected chi connectivity index (χ0v) is 21.5. The molecule has 0 bridgehead atoms. The predicted octanol–water partition coefficient (Wildman–Crippen LogP) is 6.22. The number of amides is 1. The molecule has 0 aromatic heterocycles. The zero-order valence-electron chi connectivity index (χ0n) is 21.5. The number of allylic oxidation sites excluding steroid dienone is 2. The van der Waals surface area contributed by atoms with Gasteiger partial charge in [0.15, 0.2) is 0 Å². The van der Waals surface area contributed by atoms with E-state index in [4.69, 9.17) is 4.74 Å². The van der Waals surface area contributed by atoms with Gasteiger partial charge in [-0.05, 0) is 80.5 Å². The molecule has 0 aliphatic carbocycles. The van der Waals surface area contributed by atoms with Crippen molar-refractivity contribution in [3.05, 3.63) is 94.8 Å². The second-order valence-electron chi connectivity index (χ2n) is 9.51. The number of benzene rings is 2.